The van der Waals surface area contributed by atoms with Crippen LogP contribution in [0.5, 0.6) is 0 Å². The first-order chi connectivity index (χ1) is 8.56. The average molecular weight is 251 g/mol. The first kappa shape index (κ1) is 15.2. The molecular formula is C14H25N3O. The Morgan fingerprint density at radius 3 is 2.78 bits per heavy atom. The highest BCUT2D eigenvalue weighted by atomic mass is 16.3. The highest BCUT2D eigenvalue weighted by Gasteiger charge is 2.42. The largest absolute Gasteiger partial charge is 0.391 e. The maximum atomic E-state index is 10.1. The van der Waals surface area contributed by atoms with E-state index in [1.807, 2.05) is 31.9 Å². The summed E-state index contributed by atoms with van der Waals surface area (Å²) in [6.45, 7) is 4.01. The molecule has 1 saturated heterocycles. The summed E-state index contributed by atoms with van der Waals surface area (Å²) in [5.74, 6) is 0.256. The lowest BCUT2D eigenvalue weighted by molar-refractivity contribution is 0.0847. The predicted molar refractivity (Wildman–Crippen MR) is 72.8 cm³/mol. The van der Waals surface area contributed by atoms with Crippen LogP contribution in [-0.2, 0) is 0 Å². The van der Waals surface area contributed by atoms with Gasteiger partial charge in [-0.3, -0.25) is 4.90 Å². The number of aliphatic hydroxyl groups excluding tert-OH is 1. The molecule has 0 amide bonds. The molecule has 0 bridgehead atoms. The van der Waals surface area contributed by atoms with Gasteiger partial charge in [0.2, 0.25) is 0 Å². The van der Waals surface area contributed by atoms with Gasteiger partial charge in [0.15, 0.2) is 0 Å². The molecule has 18 heavy (non-hydrogen) atoms. The van der Waals surface area contributed by atoms with E-state index < -0.39 is 6.10 Å². The number of hydrogen-bond acceptors (Lipinski definition) is 4. The molecule has 1 aliphatic heterocycles. The zero-order chi connectivity index (χ0) is 13.7. The highest BCUT2D eigenvalue weighted by molar-refractivity contribution is 5.11. The van der Waals surface area contributed by atoms with Gasteiger partial charge in [0.25, 0.3) is 0 Å². The van der Waals surface area contributed by atoms with Gasteiger partial charge in [-0.25, -0.2) is 0 Å². The van der Waals surface area contributed by atoms with Crippen molar-refractivity contribution in [2.75, 3.05) is 7.05 Å². The van der Waals surface area contributed by atoms with Gasteiger partial charge in [-0.05, 0) is 32.7 Å². The van der Waals surface area contributed by atoms with E-state index in [-0.39, 0.29) is 24.0 Å². The normalized spacial score (nSPS) is 32.6. The molecular weight excluding hydrogens is 226 g/mol. The van der Waals surface area contributed by atoms with E-state index in [0.717, 1.165) is 12.8 Å². The number of nitrogens with zero attached hydrogens (tertiary/aromatic N) is 2. The minimum absolute atomic E-state index is 0.0485. The van der Waals surface area contributed by atoms with Crippen molar-refractivity contribution in [3.05, 3.63) is 12.2 Å². The van der Waals surface area contributed by atoms with Crippen LogP contribution in [0.25, 0.3) is 0 Å². The van der Waals surface area contributed by atoms with Gasteiger partial charge in [0.05, 0.1) is 18.2 Å². The van der Waals surface area contributed by atoms with E-state index in [1.165, 1.54) is 0 Å². The molecule has 5 unspecified atom stereocenters. The molecule has 0 saturated carbocycles. The Morgan fingerprint density at radius 2 is 2.28 bits per heavy atom. The second kappa shape index (κ2) is 6.89. The Hall–Kier alpha value is -0.890. The third kappa shape index (κ3) is 3.11. The fourth-order valence-corrected chi connectivity index (χ4v) is 2.93. The van der Waals surface area contributed by atoms with Crippen LogP contribution in [0.4, 0.5) is 0 Å². The number of allylic oxidation sites excluding steroid dienone is 1. The lowest BCUT2D eigenvalue weighted by Gasteiger charge is -2.33. The Labute approximate surface area is 110 Å². The van der Waals surface area contributed by atoms with Crippen LogP contribution < -0.4 is 5.73 Å². The molecule has 3 N–H and O–H groups in total. The van der Waals surface area contributed by atoms with Crippen LogP contribution in [0.15, 0.2) is 12.2 Å². The van der Waals surface area contributed by atoms with Crippen LogP contribution in [-0.4, -0.2) is 41.3 Å². The Kier molecular flexibility index (Phi) is 5.80. The first-order valence-corrected chi connectivity index (χ1v) is 6.74. The predicted octanol–water partition coefficient (Wildman–Crippen LogP) is 1.26. The average Bonchev–Trinajstić information content (AvgIpc) is 2.65. The van der Waals surface area contributed by atoms with E-state index in [9.17, 15) is 5.11 Å². The summed E-state index contributed by atoms with van der Waals surface area (Å²) in [5, 5.41) is 19.2. The van der Waals surface area contributed by atoms with Gasteiger partial charge in [0.1, 0.15) is 0 Å². The molecule has 1 fully saturated rings. The number of likely N-dealkylation sites (tertiary alicyclic amines) is 1. The molecule has 0 aromatic rings. The Bertz CT molecular complexity index is 323. The minimum Gasteiger partial charge on any atom is -0.391 e. The number of rotatable bonds is 5. The van der Waals surface area contributed by atoms with Crippen LogP contribution in [0.3, 0.4) is 0 Å². The second-order valence-electron chi connectivity index (χ2n) is 5.16. The summed E-state index contributed by atoms with van der Waals surface area (Å²) in [5.41, 5.74) is 6.20. The van der Waals surface area contributed by atoms with Crippen molar-refractivity contribution in [3.63, 3.8) is 0 Å². The molecule has 0 aromatic heterocycles. The fraction of sp³-hybridized carbons (Fsp3) is 0.786. The van der Waals surface area contributed by atoms with E-state index in [2.05, 4.69) is 12.1 Å². The number of aliphatic hydroxyl groups is 1. The van der Waals surface area contributed by atoms with Crippen molar-refractivity contribution in [1.29, 1.82) is 5.26 Å². The number of hydrogen-bond donors (Lipinski definition) is 2. The van der Waals surface area contributed by atoms with Gasteiger partial charge in [-0.1, -0.05) is 25.5 Å². The summed E-state index contributed by atoms with van der Waals surface area (Å²) in [6, 6.07) is 1.96. The topological polar surface area (TPSA) is 73.3 Å². The minimum atomic E-state index is -0.493. The molecule has 1 heterocycles. The molecule has 5 atom stereocenters. The molecule has 0 aromatic carbocycles. The summed E-state index contributed by atoms with van der Waals surface area (Å²) in [6.07, 6.45) is 6.05. The summed E-state index contributed by atoms with van der Waals surface area (Å²) < 4.78 is 0. The van der Waals surface area contributed by atoms with Crippen molar-refractivity contribution in [3.8, 4) is 6.07 Å². The van der Waals surface area contributed by atoms with Gasteiger partial charge in [0, 0.05) is 12.1 Å². The van der Waals surface area contributed by atoms with Crippen LogP contribution in [0.2, 0.25) is 0 Å². The Balaban J connectivity index is 2.84. The lowest BCUT2D eigenvalue weighted by atomic mass is 9.89. The third-order valence-corrected chi connectivity index (χ3v) is 3.91. The number of likely N-dealkylation sites (N-methyl/N-ethyl adjacent to an activating group) is 1. The van der Waals surface area contributed by atoms with E-state index >= 15 is 0 Å². The third-order valence-electron chi connectivity index (χ3n) is 3.91. The van der Waals surface area contributed by atoms with Crippen LogP contribution >= 0.6 is 0 Å². The van der Waals surface area contributed by atoms with Gasteiger partial charge in [-0.15, -0.1) is 0 Å². The van der Waals surface area contributed by atoms with Crippen LogP contribution in [0, 0.1) is 17.2 Å². The monoisotopic (exact) mass is 251 g/mol. The van der Waals surface area contributed by atoms with Crippen molar-refractivity contribution >= 4 is 0 Å². The summed E-state index contributed by atoms with van der Waals surface area (Å²) in [7, 11) is 1.93. The van der Waals surface area contributed by atoms with E-state index in [0.29, 0.717) is 6.42 Å². The molecule has 0 radical (unpaired) electrons. The van der Waals surface area contributed by atoms with Crippen molar-refractivity contribution in [2.24, 2.45) is 11.7 Å². The van der Waals surface area contributed by atoms with Gasteiger partial charge < -0.3 is 10.8 Å². The first-order valence-electron chi connectivity index (χ1n) is 6.74. The quantitative estimate of drug-likeness (QED) is 0.722. The highest BCUT2D eigenvalue weighted by Crippen LogP contribution is 2.32. The van der Waals surface area contributed by atoms with E-state index in [1.54, 1.807) is 0 Å². The molecule has 4 heteroatoms. The van der Waals surface area contributed by atoms with Gasteiger partial charge in [-0.2, -0.15) is 5.26 Å². The van der Waals surface area contributed by atoms with Crippen molar-refractivity contribution in [1.82, 2.24) is 4.90 Å². The maximum absolute atomic E-state index is 10.1. The summed E-state index contributed by atoms with van der Waals surface area (Å²) >= 11 is 0. The second-order valence-corrected chi connectivity index (χ2v) is 5.16. The zero-order valence-electron chi connectivity index (χ0n) is 11.6. The van der Waals surface area contributed by atoms with Crippen molar-refractivity contribution in [2.45, 2.75) is 57.3 Å². The van der Waals surface area contributed by atoms with Gasteiger partial charge >= 0.3 is 0 Å². The Morgan fingerprint density at radius 1 is 1.61 bits per heavy atom. The standard InChI is InChI=1S/C14H25N3O/c1-4-6-10-8-11(9-15)17(3)14(10)13(16)12(18)7-5-2/h4,6,10-14,18H,5,7-8,16H2,1-3H3/b6-4-. The lowest BCUT2D eigenvalue weighted by Crippen LogP contribution is -2.52. The molecule has 0 spiro atoms. The van der Waals surface area contributed by atoms with Crippen molar-refractivity contribution < 1.29 is 5.11 Å². The molecule has 102 valence electrons. The molecule has 1 rings (SSSR count). The fourth-order valence-electron chi connectivity index (χ4n) is 2.93. The molecule has 4 nitrogen and oxygen atoms in total. The number of nitrogens with two attached hydrogens (primary N) is 1. The molecule has 0 aliphatic carbocycles. The van der Waals surface area contributed by atoms with Crippen LogP contribution in [0.1, 0.15) is 33.1 Å². The smallest absolute Gasteiger partial charge is 0.0984 e. The zero-order valence-corrected chi connectivity index (χ0v) is 11.6. The van der Waals surface area contributed by atoms with E-state index in [4.69, 9.17) is 11.0 Å². The maximum Gasteiger partial charge on any atom is 0.0984 e. The summed E-state index contributed by atoms with van der Waals surface area (Å²) in [4.78, 5) is 2.02. The number of nitriles is 1. The molecule has 1 aliphatic rings. The SMILES string of the molecule is C/C=C\C1CC(C#N)N(C)C1C(N)C(O)CCC.